The Morgan fingerprint density at radius 3 is 2.38 bits per heavy atom. The lowest BCUT2D eigenvalue weighted by Gasteiger charge is -2.09. The van der Waals surface area contributed by atoms with Gasteiger partial charge in [-0.15, -0.1) is 0 Å². The average molecular weight is 211 g/mol. The van der Waals surface area contributed by atoms with Gasteiger partial charge in [0.2, 0.25) is 0 Å². The summed E-state index contributed by atoms with van der Waals surface area (Å²) in [7, 11) is 0. The van der Waals surface area contributed by atoms with Crippen LogP contribution in [0.15, 0.2) is 18.2 Å². The quantitative estimate of drug-likeness (QED) is 0.553. The van der Waals surface area contributed by atoms with E-state index in [1.54, 1.807) is 0 Å². The molecule has 0 amide bonds. The second-order valence-corrected chi connectivity index (χ2v) is 2.58. The van der Waals surface area contributed by atoms with Crippen LogP contribution in [0, 0.1) is 0 Å². The van der Waals surface area contributed by atoms with E-state index in [4.69, 9.17) is 17.5 Å². The third-order valence-electron chi connectivity index (χ3n) is 1.48. The minimum atomic E-state index is -4.38. The molecule has 0 bridgehead atoms. The molecule has 0 spiro atoms. The summed E-state index contributed by atoms with van der Waals surface area (Å²) in [4.78, 5) is 2.05. The molecule has 1 rings (SSSR count). The Kier molecular flexibility index (Phi) is 2.56. The highest BCUT2D eigenvalue weighted by atomic mass is 35.5. The van der Waals surface area contributed by atoms with Gasteiger partial charge in [-0.05, 0) is 18.2 Å². The van der Waals surface area contributed by atoms with Gasteiger partial charge in [-0.1, -0.05) is 0 Å². The van der Waals surface area contributed by atoms with Gasteiger partial charge in [0.25, 0.3) is 0 Å². The molecule has 0 heterocycles. The molecule has 1 aromatic rings. The van der Waals surface area contributed by atoms with Gasteiger partial charge in [0.15, 0.2) is 0 Å². The Morgan fingerprint density at radius 2 is 1.92 bits per heavy atom. The number of anilines is 2. The zero-order chi connectivity index (χ0) is 10.1. The van der Waals surface area contributed by atoms with E-state index in [9.17, 15) is 13.2 Å². The number of nitrogen functional groups attached to an aromatic ring is 1. The second-order valence-electron chi connectivity index (χ2n) is 2.39. The minimum absolute atomic E-state index is 0.0523. The highest BCUT2D eigenvalue weighted by molar-refractivity contribution is 6.24. The molecule has 0 aliphatic rings. The molecule has 0 unspecified atom stereocenters. The molecule has 0 radical (unpaired) electrons. The van der Waals surface area contributed by atoms with Crippen LogP contribution in [0.25, 0.3) is 0 Å². The van der Waals surface area contributed by atoms with Crippen molar-refractivity contribution in [1.29, 1.82) is 0 Å². The molecule has 2 nitrogen and oxygen atoms in total. The average Bonchev–Trinajstić information content (AvgIpc) is 2.03. The van der Waals surface area contributed by atoms with Crippen LogP contribution in [-0.4, -0.2) is 0 Å². The van der Waals surface area contributed by atoms with Gasteiger partial charge < -0.3 is 5.73 Å². The molecular formula is C7H6ClF3N2. The van der Waals surface area contributed by atoms with Crippen LogP contribution in [-0.2, 0) is 6.18 Å². The first-order valence-corrected chi connectivity index (χ1v) is 3.66. The molecular weight excluding hydrogens is 205 g/mol. The maximum atomic E-state index is 12.1. The van der Waals surface area contributed by atoms with Crippen LogP contribution >= 0.6 is 11.8 Å². The molecule has 0 atom stereocenters. The fourth-order valence-electron chi connectivity index (χ4n) is 0.814. The van der Waals surface area contributed by atoms with Crippen molar-refractivity contribution in [3.05, 3.63) is 23.8 Å². The summed E-state index contributed by atoms with van der Waals surface area (Å²) < 4.78 is 36.4. The van der Waals surface area contributed by atoms with Crippen molar-refractivity contribution in [2.75, 3.05) is 10.6 Å². The van der Waals surface area contributed by atoms with Crippen LogP contribution in [0.3, 0.4) is 0 Å². The summed E-state index contributed by atoms with van der Waals surface area (Å²) in [6.45, 7) is 0. The van der Waals surface area contributed by atoms with Crippen molar-refractivity contribution in [2.45, 2.75) is 6.18 Å². The van der Waals surface area contributed by atoms with Gasteiger partial charge in [-0.25, -0.2) is 0 Å². The van der Waals surface area contributed by atoms with E-state index in [1.807, 2.05) is 0 Å². The monoisotopic (exact) mass is 210 g/mol. The second kappa shape index (κ2) is 3.33. The Hall–Kier alpha value is -1.10. The molecule has 0 aliphatic heterocycles. The van der Waals surface area contributed by atoms with Gasteiger partial charge in [-0.3, -0.25) is 4.84 Å². The standard InChI is InChI=1S/C7H6ClF3N2/c8-13-6-3-4(7(9,10)11)1-2-5(6)12/h1-3,13H,12H2. The molecule has 0 aliphatic carbocycles. The predicted molar refractivity (Wildman–Crippen MR) is 45.3 cm³/mol. The van der Waals surface area contributed by atoms with Crippen molar-refractivity contribution >= 4 is 23.2 Å². The molecule has 0 fully saturated rings. The number of rotatable bonds is 1. The lowest BCUT2D eigenvalue weighted by molar-refractivity contribution is -0.137. The fraction of sp³-hybridized carbons (Fsp3) is 0.143. The van der Waals surface area contributed by atoms with Crippen molar-refractivity contribution < 1.29 is 13.2 Å². The van der Waals surface area contributed by atoms with Crippen LogP contribution < -0.4 is 10.6 Å². The van der Waals surface area contributed by atoms with E-state index < -0.39 is 11.7 Å². The van der Waals surface area contributed by atoms with Gasteiger partial charge in [-0.2, -0.15) is 13.2 Å². The smallest absolute Gasteiger partial charge is 0.397 e. The molecule has 3 N–H and O–H groups in total. The normalized spacial score (nSPS) is 11.4. The first-order chi connectivity index (χ1) is 5.95. The number of benzene rings is 1. The van der Waals surface area contributed by atoms with E-state index >= 15 is 0 Å². The minimum Gasteiger partial charge on any atom is -0.397 e. The summed E-state index contributed by atoms with van der Waals surface area (Å²) in [6, 6.07) is 2.89. The topological polar surface area (TPSA) is 38.0 Å². The highest BCUT2D eigenvalue weighted by Gasteiger charge is 2.30. The van der Waals surface area contributed by atoms with Crippen LogP contribution in [0.5, 0.6) is 0 Å². The number of hydrogen-bond acceptors (Lipinski definition) is 2. The van der Waals surface area contributed by atoms with Crippen molar-refractivity contribution in [1.82, 2.24) is 0 Å². The number of hydrogen-bond donors (Lipinski definition) is 2. The Morgan fingerprint density at radius 1 is 1.31 bits per heavy atom. The predicted octanol–water partition coefficient (Wildman–Crippen LogP) is 2.85. The largest absolute Gasteiger partial charge is 0.416 e. The lowest BCUT2D eigenvalue weighted by atomic mass is 10.2. The SMILES string of the molecule is Nc1ccc(C(F)(F)F)cc1NCl. The first-order valence-electron chi connectivity index (χ1n) is 3.28. The molecule has 0 saturated heterocycles. The Bertz CT molecular complexity index is 311. The molecule has 0 saturated carbocycles. The summed E-state index contributed by atoms with van der Waals surface area (Å²) in [5.74, 6) is 0. The van der Waals surface area contributed by atoms with Gasteiger partial charge >= 0.3 is 6.18 Å². The molecule has 1 aromatic carbocycles. The van der Waals surface area contributed by atoms with Gasteiger partial charge in [0.05, 0.1) is 16.9 Å². The van der Waals surface area contributed by atoms with Crippen LogP contribution in [0.2, 0.25) is 0 Å². The summed E-state index contributed by atoms with van der Waals surface area (Å²) >= 11 is 5.16. The number of nitrogens with one attached hydrogen (secondary N) is 1. The maximum Gasteiger partial charge on any atom is 0.416 e. The van der Waals surface area contributed by atoms with E-state index in [0.717, 1.165) is 18.2 Å². The van der Waals surface area contributed by atoms with Crippen molar-refractivity contribution in [2.24, 2.45) is 0 Å². The molecule has 13 heavy (non-hydrogen) atoms. The van der Waals surface area contributed by atoms with Crippen molar-refractivity contribution in [3.63, 3.8) is 0 Å². The maximum absolute atomic E-state index is 12.1. The Labute approximate surface area is 77.6 Å². The number of nitrogens with two attached hydrogens (primary N) is 1. The third-order valence-corrected chi connectivity index (χ3v) is 1.69. The highest BCUT2D eigenvalue weighted by Crippen LogP contribution is 2.33. The summed E-state index contributed by atoms with van der Waals surface area (Å²) in [5, 5.41) is 0. The van der Waals surface area contributed by atoms with E-state index in [1.165, 1.54) is 0 Å². The fourth-order valence-corrected chi connectivity index (χ4v) is 0.978. The zero-order valence-corrected chi connectivity index (χ0v) is 7.08. The number of halogens is 4. The van der Waals surface area contributed by atoms with Crippen LogP contribution in [0.4, 0.5) is 24.5 Å². The van der Waals surface area contributed by atoms with E-state index in [0.29, 0.717) is 0 Å². The van der Waals surface area contributed by atoms with Crippen LogP contribution in [0.1, 0.15) is 5.56 Å². The first kappa shape index (κ1) is 9.98. The lowest BCUT2D eigenvalue weighted by Crippen LogP contribution is -2.05. The Balaban J connectivity index is 3.14. The zero-order valence-electron chi connectivity index (χ0n) is 6.32. The van der Waals surface area contributed by atoms with E-state index in [-0.39, 0.29) is 11.4 Å². The molecule has 0 aromatic heterocycles. The van der Waals surface area contributed by atoms with Gasteiger partial charge in [0, 0.05) is 11.8 Å². The van der Waals surface area contributed by atoms with E-state index in [2.05, 4.69) is 4.84 Å². The molecule has 6 heteroatoms. The molecule has 72 valence electrons. The van der Waals surface area contributed by atoms with Gasteiger partial charge in [0.1, 0.15) is 0 Å². The summed E-state index contributed by atoms with van der Waals surface area (Å²) in [6.07, 6.45) is -4.38. The van der Waals surface area contributed by atoms with Crippen molar-refractivity contribution in [3.8, 4) is 0 Å². The number of alkyl halides is 3. The summed E-state index contributed by atoms with van der Waals surface area (Å²) in [5.41, 5.74) is 4.76. The third kappa shape index (κ3) is 2.18.